The zero-order chi connectivity index (χ0) is 15.3. The van der Waals surface area contributed by atoms with Crippen LogP contribution in [0, 0.1) is 6.92 Å². The van der Waals surface area contributed by atoms with E-state index in [1.807, 2.05) is 7.05 Å². The van der Waals surface area contributed by atoms with Crippen molar-refractivity contribution in [2.75, 3.05) is 20.8 Å². The van der Waals surface area contributed by atoms with Gasteiger partial charge in [-0.25, -0.2) is 0 Å². The molecule has 1 atom stereocenters. The van der Waals surface area contributed by atoms with Gasteiger partial charge in [0.05, 0.1) is 12.7 Å². The Morgan fingerprint density at radius 2 is 2.00 bits per heavy atom. The van der Waals surface area contributed by atoms with E-state index >= 15 is 0 Å². The molecule has 2 rings (SSSR count). The first-order chi connectivity index (χ1) is 10.1. The van der Waals surface area contributed by atoms with Gasteiger partial charge in [-0.2, -0.15) is 0 Å². The molecule has 21 heavy (non-hydrogen) atoms. The lowest BCUT2D eigenvalue weighted by Crippen LogP contribution is -2.51. The van der Waals surface area contributed by atoms with Gasteiger partial charge < -0.3 is 14.8 Å². The number of hydrogen-bond donors (Lipinski definition) is 1. The summed E-state index contributed by atoms with van der Waals surface area (Å²) in [5, 5.41) is 3.51. The maximum absolute atomic E-state index is 6.22. The molecule has 118 valence electrons. The molecule has 1 saturated carbocycles. The quantitative estimate of drug-likeness (QED) is 0.834. The molecule has 0 aliphatic heterocycles. The number of likely N-dealkylation sites (N-methyl/N-ethyl adjacent to an activating group) is 1. The lowest BCUT2D eigenvalue weighted by atomic mass is 9.86. The summed E-state index contributed by atoms with van der Waals surface area (Å²) in [7, 11) is 3.79. The van der Waals surface area contributed by atoms with Crippen LogP contribution in [0.1, 0.15) is 43.7 Å². The fourth-order valence-corrected chi connectivity index (χ4v) is 3.69. The minimum absolute atomic E-state index is 0.0156. The fourth-order valence-electron chi connectivity index (χ4n) is 3.69. The first-order valence-electron chi connectivity index (χ1n) is 8.10. The average molecular weight is 291 g/mol. The second kappa shape index (κ2) is 7.28. The summed E-state index contributed by atoms with van der Waals surface area (Å²) in [6, 6.07) is 6.73. The molecule has 0 bridgehead atoms. The van der Waals surface area contributed by atoms with Crippen LogP contribution in [0.2, 0.25) is 0 Å². The molecule has 0 amide bonds. The topological polar surface area (TPSA) is 30.5 Å². The van der Waals surface area contributed by atoms with Crippen LogP contribution in [-0.4, -0.2) is 32.4 Å². The summed E-state index contributed by atoms with van der Waals surface area (Å²) in [6.07, 6.45) is 5.79. The third-order valence-electron chi connectivity index (χ3n) is 4.73. The van der Waals surface area contributed by atoms with E-state index in [9.17, 15) is 0 Å². The van der Waals surface area contributed by atoms with Gasteiger partial charge in [0.1, 0.15) is 5.75 Å². The van der Waals surface area contributed by atoms with E-state index < -0.39 is 0 Å². The number of hydrogen-bond acceptors (Lipinski definition) is 3. The molecule has 1 fully saturated rings. The lowest BCUT2D eigenvalue weighted by Gasteiger charge is -2.37. The summed E-state index contributed by atoms with van der Waals surface area (Å²) in [6.45, 7) is 5.01. The third-order valence-corrected chi connectivity index (χ3v) is 4.73. The van der Waals surface area contributed by atoms with E-state index in [-0.39, 0.29) is 5.60 Å². The van der Waals surface area contributed by atoms with Crippen LogP contribution < -0.4 is 10.1 Å². The first-order valence-corrected chi connectivity index (χ1v) is 8.10. The molecular formula is C18H29NO2. The highest BCUT2D eigenvalue weighted by Gasteiger charge is 2.41. The second-order valence-electron chi connectivity index (χ2n) is 6.07. The molecule has 3 heteroatoms. The molecule has 1 aromatic rings. The van der Waals surface area contributed by atoms with Crippen LogP contribution in [0.15, 0.2) is 18.2 Å². The van der Waals surface area contributed by atoms with Gasteiger partial charge in [0, 0.05) is 12.6 Å². The van der Waals surface area contributed by atoms with Gasteiger partial charge in [-0.1, -0.05) is 30.5 Å². The molecule has 0 spiro atoms. The van der Waals surface area contributed by atoms with E-state index in [0.717, 1.165) is 31.6 Å². The molecule has 0 heterocycles. The summed E-state index contributed by atoms with van der Waals surface area (Å²) in [4.78, 5) is 0. The van der Waals surface area contributed by atoms with Crippen molar-refractivity contribution < 1.29 is 9.47 Å². The van der Waals surface area contributed by atoms with E-state index in [0.29, 0.717) is 6.04 Å². The van der Waals surface area contributed by atoms with Crippen LogP contribution in [0.25, 0.3) is 0 Å². The molecular weight excluding hydrogens is 262 g/mol. The Hall–Kier alpha value is -1.06. The van der Waals surface area contributed by atoms with Crippen molar-refractivity contribution in [1.82, 2.24) is 5.32 Å². The van der Waals surface area contributed by atoms with Crippen molar-refractivity contribution in [3.63, 3.8) is 0 Å². The van der Waals surface area contributed by atoms with Crippen molar-refractivity contribution in [1.29, 1.82) is 0 Å². The third kappa shape index (κ3) is 3.58. The zero-order valence-electron chi connectivity index (χ0n) is 13.9. The molecule has 0 saturated heterocycles. The van der Waals surface area contributed by atoms with Crippen molar-refractivity contribution in [3.05, 3.63) is 29.3 Å². The summed E-state index contributed by atoms with van der Waals surface area (Å²) in [5.41, 5.74) is 2.53. The summed E-state index contributed by atoms with van der Waals surface area (Å²) >= 11 is 0. The molecule has 1 N–H and O–H groups in total. The van der Waals surface area contributed by atoms with Crippen LogP contribution in [0.5, 0.6) is 5.75 Å². The zero-order valence-corrected chi connectivity index (χ0v) is 13.9. The second-order valence-corrected chi connectivity index (χ2v) is 6.07. The number of rotatable bonds is 7. The predicted octanol–water partition coefficient (Wildman–Crippen LogP) is 3.48. The highest BCUT2D eigenvalue weighted by atomic mass is 16.5. The molecule has 1 aliphatic rings. The van der Waals surface area contributed by atoms with Crippen LogP contribution in [0.4, 0.5) is 0 Å². The number of nitrogens with one attached hydrogen (secondary N) is 1. The highest BCUT2D eigenvalue weighted by Crippen LogP contribution is 2.38. The molecule has 1 aliphatic carbocycles. The van der Waals surface area contributed by atoms with Gasteiger partial charge in [0.2, 0.25) is 0 Å². The predicted molar refractivity (Wildman–Crippen MR) is 87.1 cm³/mol. The fraction of sp³-hybridized carbons (Fsp3) is 0.667. The SMILES string of the molecule is CCOC1(C(Cc2cc(C)ccc2OC)NC)CCCC1. The normalized spacial score (nSPS) is 18.7. The first kappa shape index (κ1) is 16.3. The Morgan fingerprint density at radius 1 is 1.29 bits per heavy atom. The highest BCUT2D eigenvalue weighted by molar-refractivity contribution is 5.37. The maximum Gasteiger partial charge on any atom is 0.122 e. The minimum Gasteiger partial charge on any atom is -0.496 e. The number of benzene rings is 1. The van der Waals surface area contributed by atoms with Crippen molar-refractivity contribution in [3.8, 4) is 5.75 Å². The maximum atomic E-state index is 6.22. The average Bonchev–Trinajstić information content (AvgIpc) is 2.95. The smallest absolute Gasteiger partial charge is 0.122 e. The van der Waals surface area contributed by atoms with E-state index in [1.165, 1.54) is 24.0 Å². The summed E-state index contributed by atoms with van der Waals surface area (Å²) < 4.78 is 11.7. The van der Waals surface area contributed by atoms with E-state index in [1.54, 1.807) is 7.11 Å². The largest absolute Gasteiger partial charge is 0.496 e. The van der Waals surface area contributed by atoms with Gasteiger partial charge >= 0.3 is 0 Å². The Kier molecular flexibility index (Phi) is 5.65. The molecule has 1 aromatic carbocycles. The Bertz CT molecular complexity index is 453. The van der Waals surface area contributed by atoms with Crippen molar-refractivity contribution >= 4 is 0 Å². The number of aryl methyl sites for hydroxylation is 1. The van der Waals surface area contributed by atoms with Gasteiger partial charge in [0.25, 0.3) is 0 Å². The van der Waals surface area contributed by atoms with Crippen molar-refractivity contribution in [2.45, 2.75) is 57.6 Å². The van der Waals surface area contributed by atoms with E-state index in [2.05, 4.69) is 37.4 Å². The van der Waals surface area contributed by atoms with Crippen molar-refractivity contribution in [2.24, 2.45) is 0 Å². The van der Waals surface area contributed by atoms with Gasteiger partial charge in [-0.05, 0) is 51.8 Å². The lowest BCUT2D eigenvalue weighted by molar-refractivity contribution is -0.0597. The molecule has 0 aromatic heterocycles. The van der Waals surface area contributed by atoms with Gasteiger partial charge in [-0.3, -0.25) is 0 Å². The van der Waals surface area contributed by atoms with Gasteiger partial charge in [0.15, 0.2) is 0 Å². The molecule has 3 nitrogen and oxygen atoms in total. The van der Waals surface area contributed by atoms with Crippen LogP contribution in [0.3, 0.4) is 0 Å². The number of ether oxygens (including phenoxy) is 2. The van der Waals surface area contributed by atoms with Crippen LogP contribution in [-0.2, 0) is 11.2 Å². The van der Waals surface area contributed by atoms with Crippen LogP contribution >= 0.6 is 0 Å². The Morgan fingerprint density at radius 3 is 2.57 bits per heavy atom. The standard InChI is InChI=1S/C18H29NO2/c1-5-21-18(10-6-7-11-18)17(19-3)13-15-12-14(2)8-9-16(15)20-4/h8-9,12,17,19H,5-7,10-11,13H2,1-4H3. The molecule has 1 unspecified atom stereocenters. The van der Waals surface area contributed by atoms with E-state index in [4.69, 9.17) is 9.47 Å². The monoisotopic (exact) mass is 291 g/mol. The molecule has 0 radical (unpaired) electrons. The van der Waals surface area contributed by atoms with Gasteiger partial charge in [-0.15, -0.1) is 0 Å². The number of methoxy groups -OCH3 is 1. The Balaban J connectivity index is 2.24. The summed E-state index contributed by atoms with van der Waals surface area (Å²) in [5.74, 6) is 0.977. The Labute approximate surface area is 129 Å². The minimum atomic E-state index is -0.0156.